The first-order valence-electron chi connectivity index (χ1n) is 7.94. The molecule has 2 aromatic rings. The van der Waals surface area contributed by atoms with Crippen molar-refractivity contribution in [1.29, 1.82) is 0 Å². The number of hydrogen-bond donors (Lipinski definition) is 1. The van der Waals surface area contributed by atoms with Gasteiger partial charge >= 0.3 is 0 Å². The van der Waals surface area contributed by atoms with Crippen molar-refractivity contribution in [3.05, 3.63) is 65.7 Å². The number of nitrogen functional groups attached to an aromatic ring is 1. The lowest BCUT2D eigenvalue weighted by Gasteiger charge is -2.21. The number of halogens is 1. The van der Waals surface area contributed by atoms with Gasteiger partial charge in [0, 0.05) is 18.8 Å². The van der Waals surface area contributed by atoms with E-state index in [2.05, 4.69) is 24.3 Å². The third kappa shape index (κ3) is 4.05. The molecule has 1 unspecified atom stereocenters. The van der Waals surface area contributed by atoms with Gasteiger partial charge in [-0.2, -0.15) is 0 Å². The predicted octanol–water partition coefficient (Wildman–Crippen LogP) is 4.10. The van der Waals surface area contributed by atoms with Crippen LogP contribution in [0.1, 0.15) is 41.1 Å². The van der Waals surface area contributed by atoms with Crippen molar-refractivity contribution >= 4 is 24.0 Å². The molecule has 1 fully saturated rings. The van der Waals surface area contributed by atoms with E-state index in [1.54, 1.807) is 6.07 Å². The monoisotopic (exact) mass is 330 g/mol. The molecule has 1 aliphatic heterocycles. The van der Waals surface area contributed by atoms with Gasteiger partial charge in [-0.25, -0.2) is 0 Å². The van der Waals surface area contributed by atoms with Gasteiger partial charge in [0.1, 0.15) is 0 Å². The van der Waals surface area contributed by atoms with Crippen LogP contribution in [0.25, 0.3) is 0 Å². The number of rotatable bonds is 2. The van der Waals surface area contributed by atoms with Crippen LogP contribution in [-0.2, 0) is 0 Å². The minimum Gasteiger partial charge on any atom is -0.398 e. The summed E-state index contributed by atoms with van der Waals surface area (Å²) in [4.78, 5) is 14.6. The zero-order valence-electron chi connectivity index (χ0n) is 13.2. The average molecular weight is 331 g/mol. The van der Waals surface area contributed by atoms with Crippen LogP contribution in [0.15, 0.2) is 54.6 Å². The minimum atomic E-state index is 0. The van der Waals surface area contributed by atoms with Crippen molar-refractivity contribution in [1.82, 2.24) is 4.90 Å². The summed E-state index contributed by atoms with van der Waals surface area (Å²) < 4.78 is 0. The van der Waals surface area contributed by atoms with E-state index < -0.39 is 0 Å². The summed E-state index contributed by atoms with van der Waals surface area (Å²) >= 11 is 0. The first-order chi connectivity index (χ1) is 10.8. The summed E-state index contributed by atoms with van der Waals surface area (Å²) in [6.45, 7) is 1.61. The molecular formula is C19H23ClN2O. The van der Waals surface area contributed by atoms with Gasteiger partial charge < -0.3 is 10.6 Å². The van der Waals surface area contributed by atoms with Gasteiger partial charge in [-0.1, -0.05) is 42.5 Å². The molecule has 3 rings (SSSR count). The van der Waals surface area contributed by atoms with Gasteiger partial charge in [0.05, 0.1) is 5.56 Å². The van der Waals surface area contributed by atoms with Gasteiger partial charge in [-0.3, -0.25) is 4.79 Å². The SMILES string of the molecule is Cl.Nc1ccccc1C(=O)N1CCCC(c2ccccc2)CC1. The van der Waals surface area contributed by atoms with Crippen LogP contribution < -0.4 is 5.73 Å². The maximum absolute atomic E-state index is 12.7. The molecule has 1 saturated heterocycles. The zero-order chi connectivity index (χ0) is 15.4. The Morgan fingerprint density at radius 2 is 1.65 bits per heavy atom. The van der Waals surface area contributed by atoms with Gasteiger partial charge in [-0.05, 0) is 42.9 Å². The van der Waals surface area contributed by atoms with Crippen LogP contribution in [0.2, 0.25) is 0 Å². The van der Waals surface area contributed by atoms with Crippen molar-refractivity contribution in [2.45, 2.75) is 25.2 Å². The minimum absolute atomic E-state index is 0. The van der Waals surface area contributed by atoms with E-state index >= 15 is 0 Å². The van der Waals surface area contributed by atoms with Crippen LogP contribution in [0.3, 0.4) is 0 Å². The topological polar surface area (TPSA) is 46.3 Å². The van der Waals surface area contributed by atoms with Gasteiger partial charge in [0.15, 0.2) is 0 Å². The Bertz CT molecular complexity index is 645. The van der Waals surface area contributed by atoms with Crippen LogP contribution >= 0.6 is 12.4 Å². The van der Waals surface area contributed by atoms with Crippen molar-refractivity contribution in [2.75, 3.05) is 18.8 Å². The second-order valence-electron chi connectivity index (χ2n) is 5.92. The van der Waals surface area contributed by atoms with Crippen LogP contribution in [0.4, 0.5) is 5.69 Å². The van der Waals surface area contributed by atoms with Gasteiger partial charge in [0.25, 0.3) is 5.91 Å². The Labute approximate surface area is 143 Å². The molecule has 1 amide bonds. The van der Waals surface area contributed by atoms with Crippen LogP contribution in [0, 0.1) is 0 Å². The molecule has 3 nitrogen and oxygen atoms in total. The molecule has 0 spiro atoms. The number of likely N-dealkylation sites (tertiary alicyclic amines) is 1. The summed E-state index contributed by atoms with van der Waals surface area (Å²) in [6.07, 6.45) is 3.19. The number of anilines is 1. The van der Waals surface area contributed by atoms with Crippen LogP contribution in [-0.4, -0.2) is 23.9 Å². The third-order valence-corrected chi connectivity index (χ3v) is 4.48. The molecule has 2 aromatic carbocycles. The fourth-order valence-corrected chi connectivity index (χ4v) is 3.22. The maximum atomic E-state index is 12.7. The first kappa shape index (κ1) is 17.4. The third-order valence-electron chi connectivity index (χ3n) is 4.48. The highest BCUT2D eigenvalue weighted by molar-refractivity contribution is 5.99. The summed E-state index contributed by atoms with van der Waals surface area (Å²) in [7, 11) is 0. The Balaban J connectivity index is 0.00000192. The molecule has 122 valence electrons. The number of hydrogen-bond acceptors (Lipinski definition) is 2. The lowest BCUT2D eigenvalue weighted by atomic mass is 9.92. The standard InChI is InChI=1S/C19H22N2O.ClH/c20-18-11-5-4-10-17(18)19(22)21-13-6-9-16(12-14-21)15-7-2-1-3-8-15;/h1-5,7-8,10-11,16H,6,9,12-14,20H2;1H. The van der Waals surface area contributed by atoms with Crippen molar-refractivity contribution in [3.8, 4) is 0 Å². The Morgan fingerprint density at radius 1 is 0.957 bits per heavy atom. The Morgan fingerprint density at radius 3 is 2.39 bits per heavy atom. The largest absolute Gasteiger partial charge is 0.398 e. The van der Waals surface area contributed by atoms with E-state index in [0.29, 0.717) is 17.2 Å². The van der Waals surface area contributed by atoms with E-state index in [1.807, 2.05) is 29.2 Å². The summed E-state index contributed by atoms with van der Waals surface area (Å²) in [6, 6.07) is 18.0. The van der Waals surface area contributed by atoms with Gasteiger partial charge in [-0.15, -0.1) is 12.4 Å². The molecule has 0 radical (unpaired) electrons. The molecule has 1 atom stereocenters. The molecule has 2 N–H and O–H groups in total. The van der Waals surface area contributed by atoms with Crippen LogP contribution in [0.5, 0.6) is 0 Å². The molecule has 4 heteroatoms. The number of benzene rings is 2. The molecule has 0 aliphatic carbocycles. The normalized spacial score (nSPS) is 17.9. The molecule has 1 aliphatic rings. The van der Waals surface area contributed by atoms with E-state index in [0.717, 1.165) is 32.4 Å². The number of nitrogens with two attached hydrogens (primary N) is 1. The summed E-state index contributed by atoms with van der Waals surface area (Å²) in [5, 5.41) is 0. The van der Waals surface area contributed by atoms with E-state index in [9.17, 15) is 4.79 Å². The lowest BCUT2D eigenvalue weighted by Crippen LogP contribution is -2.32. The number of nitrogens with zero attached hydrogens (tertiary/aromatic N) is 1. The van der Waals surface area contributed by atoms with Crippen molar-refractivity contribution < 1.29 is 4.79 Å². The highest BCUT2D eigenvalue weighted by atomic mass is 35.5. The summed E-state index contributed by atoms with van der Waals surface area (Å²) in [5.74, 6) is 0.610. The number of carbonyl (C=O) groups excluding carboxylic acids is 1. The predicted molar refractivity (Wildman–Crippen MR) is 97.0 cm³/mol. The van der Waals surface area contributed by atoms with E-state index in [1.165, 1.54) is 5.56 Å². The molecule has 23 heavy (non-hydrogen) atoms. The fraction of sp³-hybridized carbons (Fsp3) is 0.316. The fourth-order valence-electron chi connectivity index (χ4n) is 3.22. The highest BCUT2D eigenvalue weighted by Crippen LogP contribution is 2.28. The average Bonchev–Trinajstić information content (AvgIpc) is 2.81. The van der Waals surface area contributed by atoms with Crippen molar-refractivity contribution in [2.24, 2.45) is 0 Å². The molecule has 0 saturated carbocycles. The quantitative estimate of drug-likeness (QED) is 0.843. The Kier molecular flexibility index (Phi) is 6.05. The Hall–Kier alpha value is -2.00. The highest BCUT2D eigenvalue weighted by Gasteiger charge is 2.23. The van der Waals surface area contributed by atoms with E-state index in [4.69, 9.17) is 5.73 Å². The first-order valence-corrected chi connectivity index (χ1v) is 7.94. The van der Waals surface area contributed by atoms with Crippen molar-refractivity contribution in [3.63, 3.8) is 0 Å². The summed E-state index contributed by atoms with van der Waals surface area (Å²) in [5.41, 5.74) is 8.51. The molecule has 0 aromatic heterocycles. The molecular weight excluding hydrogens is 308 g/mol. The lowest BCUT2D eigenvalue weighted by molar-refractivity contribution is 0.0762. The number of amides is 1. The molecule has 0 bridgehead atoms. The second-order valence-corrected chi connectivity index (χ2v) is 5.92. The number of carbonyl (C=O) groups is 1. The maximum Gasteiger partial charge on any atom is 0.255 e. The van der Waals surface area contributed by atoms with E-state index in [-0.39, 0.29) is 18.3 Å². The smallest absolute Gasteiger partial charge is 0.255 e. The molecule has 1 heterocycles. The van der Waals surface area contributed by atoms with Gasteiger partial charge in [0.2, 0.25) is 0 Å². The second kappa shape index (κ2) is 8.02. The number of para-hydroxylation sites is 1. The zero-order valence-corrected chi connectivity index (χ0v) is 14.0.